The number of thiocarbonyl (C=S) groups is 1. The van der Waals surface area contributed by atoms with Crippen molar-refractivity contribution in [3.63, 3.8) is 0 Å². The summed E-state index contributed by atoms with van der Waals surface area (Å²) in [4.78, 5) is 40.5. The molecule has 3 aromatic rings. The van der Waals surface area contributed by atoms with E-state index < -0.39 is 29.6 Å². The number of hydrazine groups is 1. The van der Waals surface area contributed by atoms with Gasteiger partial charge in [0.2, 0.25) is 11.0 Å². The molecule has 2 N–H and O–H groups in total. The fraction of sp³-hybridized carbons (Fsp3) is 0.154. The standard InChI is InChI=1S/C26H23FN4O5S/c1-35-20-11-9-19(10-12-20)30-25(34)22(15-23(32)28-18-7-4-8-21(14-18)36-2)31(26(30)37)29-24(33)16-5-3-6-17(27)13-16/h3-14,22H,15H2,1-2H3,(H,28,32)(H,29,33). The third-order valence-electron chi connectivity index (χ3n) is 5.59. The fourth-order valence-corrected chi connectivity index (χ4v) is 4.13. The van der Waals surface area contributed by atoms with Crippen LogP contribution in [0, 0.1) is 5.82 Å². The van der Waals surface area contributed by atoms with Gasteiger partial charge in [-0.3, -0.25) is 24.7 Å². The van der Waals surface area contributed by atoms with Crippen molar-refractivity contribution in [1.82, 2.24) is 10.4 Å². The van der Waals surface area contributed by atoms with E-state index in [9.17, 15) is 18.8 Å². The molecule has 4 rings (SSSR count). The van der Waals surface area contributed by atoms with E-state index in [0.717, 1.165) is 11.1 Å². The van der Waals surface area contributed by atoms with Gasteiger partial charge in [-0.05, 0) is 66.8 Å². The molecule has 0 radical (unpaired) electrons. The van der Waals surface area contributed by atoms with Crippen LogP contribution >= 0.6 is 12.2 Å². The number of methoxy groups -OCH3 is 2. The minimum Gasteiger partial charge on any atom is -0.497 e. The summed E-state index contributed by atoms with van der Waals surface area (Å²) < 4.78 is 24.0. The Balaban J connectivity index is 1.60. The minimum absolute atomic E-state index is 0.0257. The van der Waals surface area contributed by atoms with Gasteiger partial charge in [0.15, 0.2) is 0 Å². The molecule has 1 atom stereocenters. The third-order valence-corrected chi connectivity index (χ3v) is 5.97. The van der Waals surface area contributed by atoms with Crippen LogP contribution < -0.4 is 25.1 Å². The van der Waals surface area contributed by atoms with Crippen LogP contribution in [0.1, 0.15) is 16.8 Å². The average Bonchev–Trinajstić information content (AvgIpc) is 3.12. The monoisotopic (exact) mass is 522 g/mol. The van der Waals surface area contributed by atoms with E-state index in [1.807, 2.05) is 0 Å². The summed E-state index contributed by atoms with van der Waals surface area (Å²) in [5.74, 6) is -1.17. The molecule has 0 bridgehead atoms. The van der Waals surface area contributed by atoms with Crippen molar-refractivity contribution in [1.29, 1.82) is 0 Å². The quantitative estimate of drug-likeness (QED) is 0.437. The number of hydrogen-bond donors (Lipinski definition) is 2. The van der Waals surface area contributed by atoms with Crippen molar-refractivity contribution >= 4 is 46.4 Å². The first kappa shape index (κ1) is 25.6. The summed E-state index contributed by atoms with van der Waals surface area (Å²) in [7, 11) is 3.02. The molecule has 9 nitrogen and oxygen atoms in total. The maximum atomic E-state index is 13.7. The van der Waals surface area contributed by atoms with Gasteiger partial charge in [-0.25, -0.2) is 9.40 Å². The second-order valence-corrected chi connectivity index (χ2v) is 8.34. The Hall–Kier alpha value is -4.51. The van der Waals surface area contributed by atoms with Gasteiger partial charge >= 0.3 is 0 Å². The highest BCUT2D eigenvalue weighted by molar-refractivity contribution is 7.80. The summed E-state index contributed by atoms with van der Waals surface area (Å²) in [5, 5.41) is 3.83. The molecule has 1 fully saturated rings. The van der Waals surface area contributed by atoms with Gasteiger partial charge in [0.1, 0.15) is 23.4 Å². The molecular formula is C26H23FN4O5S. The van der Waals surface area contributed by atoms with Crippen LogP contribution in [0.4, 0.5) is 15.8 Å². The summed E-state index contributed by atoms with van der Waals surface area (Å²) >= 11 is 5.53. The number of nitrogens with one attached hydrogen (secondary N) is 2. The molecule has 37 heavy (non-hydrogen) atoms. The number of anilines is 2. The third kappa shape index (κ3) is 5.67. The highest BCUT2D eigenvalue weighted by Crippen LogP contribution is 2.28. The topological polar surface area (TPSA) is 100 Å². The number of carbonyl (C=O) groups excluding carboxylic acids is 3. The van der Waals surface area contributed by atoms with Crippen LogP contribution in [0.15, 0.2) is 72.8 Å². The van der Waals surface area contributed by atoms with Crippen molar-refractivity contribution < 1.29 is 28.2 Å². The molecule has 11 heteroatoms. The molecule has 1 saturated heterocycles. The second kappa shape index (κ2) is 11.0. The first-order valence-corrected chi connectivity index (χ1v) is 11.5. The maximum absolute atomic E-state index is 13.7. The van der Waals surface area contributed by atoms with Crippen molar-refractivity contribution in [3.8, 4) is 11.5 Å². The lowest BCUT2D eigenvalue weighted by Gasteiger charge is -2.24. The average molecular weight is 523 g/mol. The Morgan fingerprint density at radius 3 is 2.35 bits per heavy atom. The molecule has 0 aromatic heterocycles. The van der Waals surface area contributed by atoms with Gasteiger partial charge in [0.05, 0.1) is 26.3 Å². The van der Waals surface area contributed by atoms with Crippen molar-refractivity contribution in [3.05, 3.63) is 84.2 Å². The fourth-order valence-electron chi connectivity index (χ4n) is 3.76. The number of carbonyl (C=O) groups is 3. The van der Waals surface area contributed by atoms with E-state index in [-0.39, 0.29) is 17.1 Å². The molecule has 3 amide bonds. The molecule has 190 valence electrons. The number of halogens is 1. The predicted molar refractivity (Wildman–Crippen MR) is 139 cm³/mol. The number of amides is 3. The second-order valence-electron chi connectivity index (χ2n) is 7.98. The lowest BCUT2D eigenvalue weighted by molar-refractivity contribution is -0.124. The van der Waals surface area contributed by atoms with Gasteiger partial charge in [0.25, 0.3) is 11.8 Å². The zero-order chi connectivity index (χ0) is 26.5. The van der Waals surface area contributed by atoms with E-state index in [4.69, 9.17) is 21.7 Å². The lowest BCUT2D eigenvalue weighted by Crippen LogP contribution is -2.49. The number of benzene rings is 3. The van der Waals surface area contributed by atoms with Gasteiger partial charge in [-0.2, -0.15) is 0 Å². The van der Waals surface area contributed by atoms with Crippen LogP contribution in [-0.4, -0.2) is 48.1 Å². The van der Waals surface area contributed by atoms with E-state index in [0.29, 0.717) is 22.9 Å². The van der Waals surface area contributed by atoms with Crippen molar-refractivity contribution in [2.45, 2.75) is 12.5 Å². The van der Waals surface area contributed by atoms with Crippen molar-refractivity contribution in [2.75, 3.05) is 24.4 Å². The van der Waals surface area contributed by atoms with Gasteiger partial charge in [-0.15, -0.1) is 0 Å². The SMILES string of the molecule is COc1ccc(N2C(=O)C(CC(=O)Nc3cccc(OC)c3)N(NC(=O)c3cccc(F)c3)C2=S)cc1. The zero-order valence-corrected chi connectivity index (χ0v) is 20.8. The summed E-state index contributed by atoms with van der Waals surface area (Å²) in [6.07, 6.45) is -0.327. The van der Waals surface area contributed by atoms with E-state index in [1.165, 1.54) is 37.3 Å². The molecule has 1 aliphatic rings. The van der Waals surface area contributed by atoms with Gasteiger partial charge in [-0.1, -0.05) is 12.1 Å². The van der Waals surface area contributed by atoms with E-state index >= 15 is 0 Å². The molecule has 1 unspecified atom stereocenters. The first-order chi connectivity index (χ1) is 17.8. The Morgan fingerprint density at radius 2 is 1.68 bits per heavy atom. The van der Waals surface area contributed by atoms with Crippen LogP contribution in [-0.2, 0) is 9.59 Å². The molecule has 0 saturated carbocycles. The normalized spacial score (nSPS) is 14.9. The molecule has 1 aliphatic heterocycles. The summed E-state index contributed by atoms with van der Waals surface area (Å²) in [5.41, 5.74) is 3.49. The largest absolute Gasteiger partial charge is 0.497 e. The molecular weight excluding hydrogens is 499 g/mol. The summed E-state index contributed by atoms with van der Waals surface area (Å²) in [6, 6.07) is 17.2. The maximum Gasteiger partial charge on any atom is 0.269 e. The lowest BCUT2D eigenvalue weighted by atomic mass is 10.1. The Morgan fingerprint density at radius 1 is 0.973 bits per heavy atom. The van der Waals surface area contributed by atoms with Crippen LogP contribution in [0.5, 0.6) is 11.5 Å². The Kier molecular flexibility index (Phi) is 7.63. The number of ether oxygens (including phenoxy) is 2. The Labute approximate surface area is 217 Å². The van der Waals surface area contributed by atoms with Crippen molar-refractivity contribution in [2.24, 2.45) is 0 Å². The van der Waals surface area contributed by atoms with Gasteiger partial charge < -0.3 is 14.8 Å². The highest BCUT2D eigenvalue weighted by Gasteiger charge is 2.45. The smallest absolute Gasteiger partial charge is 0.269 e. The number of hydrogen-bond acceptors (Lipinski definition) is 6. The van der Waals surface area contributed by atoms with Crippen LogP contribution in [0.3, 0.4) is 0 Å². The highest BCUT2D eigenvalue weighted by atomic mass is 32.1. The molecule has 0 spiro atoms. The van der Waals surface area contributed by atoms with Crippen LogP contribution in [0.25, 0.3) is 0 Å². The summed E-state index contributed by atoms with van der Waals surface area (Å²) in [6.45, 7) is 0. The predicted octanol–water partition coefficient (Wildman–Crippen LogP) is 3.52. The minimum atomic E-state index is -1.15. The van der Waals surface area contributed by atoms with E-state index in [1.54, 1.807) is 48.5 Å². The van der Waals surface area contributed by atoms with E-state index in [2.05, 4.69) is 10.7 Å². The van der Waals surface area contributed by atoms with Gasteiger partial charge in [0, 0.05) is 17.3 Å². The molecule has 1 heterocycles. The number of rotatable bonds is 8. The first-order valence-electron chi connectivity index (χ1n) is 11.1. The zero-order valence-electron chi connectivity index (χ0n) is 19.9. The Bertz CT molecular complexity index is 1350. The molecule has 0 aliphatic carbocycles. The van der Waals surface area contributed by atoms with Crippen LogP contribution in [0.2, 0.25) is 0 Å². The molecule has 3 aromatic carbocycles. The number of nitrogens with zero attached hydrogens (tertiary/aromatic N) is 2.